The molecule has 0 atom stereocenters. The molecule has 0 saturated carbocycles. The first-order chi connectivity index (χ1) is 15.8. The first kappa shape index (κ1) is 19.3. The van der Waals surface area contributed by atoms with Gasteiger partial charge in [0.25, 0.3) is 0 Å². The van der Waals surface area contributed by atoms with Gasteiger partial charge in [0, 0.05) is 36.2 Å². The smallest absolute Gasteiger partial charge is 0.159 e. The molecule has 8 nitrogen and oxygen atoms in total. The average molecular weight is 423 g/mol. The van der Waals surface area contributed by atoms with Crippen molar-refractivity contribution in [1.29, 1.82) is 0 Å². The average Bonchev–Trinajstić information content (AvgIpc) is 3.55. The lowest BCUT2D eigenvalue weighted by molar-refractivity contribution is 0.111. The molecule has 3 heterocycles. The number of hydrogen-bond acceptors (Lipinski definition) is 6. The molecular weight excluding hydrogens is 406 g/mol. The summed E-state index contributed by atoms with van der Waals surface area (Å²) in [5.74, 6) is 1.76. The molecule has 0 unspecified atom stereocenters. The van der Waals surface area contributed by atoms with Crippen molar-refractivity contribution < 1.29 is 14.3 Å². The molecule has 2 aromatic carbocycles. The highest BCUT2D eigenvalue weighted by atomic mass is 16.5. The van der Waals surface area contributed by atoms with Crippen molar-refractivity contribution in [2.24, 2.45) is 0 Å². The number of nitrogens with zero attached hydrogens (tertiary/aromatic N) is 5. The van der Waals surface area contributed by atoms with Crippen LogP contribution >= 0.6 is 0 Å². The fraction of sp³-hybridized carbons (Fsp3) is 0. The van der Waals surface area contributed by atoms with Crippen molar-refractivity contribution in [1.82, 2.24) is 24.1 Å². The minimum atomic E-state index is 0.275. The van der Waals surface area contributed by atoms with Crippen LogP contribution in [0.25, 0.3) is 11.4 Å². The number of carbonyl (C=O) groups is 1. The Morgan fingerprint density at radius 3 is 1.50 bits per heavy atom. The third-order valence-electron chi connectivity index (χ3n) is 4.77. The highest BCUT2D eigenvalue weighted by Crippen LogP contribution is 2.33. The first-order valence-corrected chi connectivity index (χ1v) is 9.76. The summed E-state index contributed by atoms with van der Waals surface area (Å²) < 4.78 is 15.6. The largest absolute Gasteiger partial charge is 0.455 e. The second-order valence-electron chi connectivity index (χ2n) is 6.80. The molecule has 0 amide bonds. The predicted octanol–water partition coefficient (Wildman–Crippen LogP) is 4.85. The third kappa shape index (κ3) is 3.97. The molecule has 0 bridgehead atoms. The summed E-state index contributed by atoms with van der Waals surface area (Å²) in [4.78, 5) is 24.1. The van der Waals surface area contributed by atoms with E-state index in [4.69, 9.17) is 9.47 Å². The second-order valence-corrected chi connectivity index (χ2v) is 6.80. The maximum Gasteiger partial charge on any atom is 0.159 e. The van der Waals surface area contributed by atoms with Crippen LogP contribution in [-0.2, 0) is 0 Å². The fourth-order valence-corrected chi connectivity index (χ4v) is 3.16. The van der Waals surface area contributed by atoms with E-state index in [-0.39, 0.29) is 5.56 Å². The zero-order chi connectivity index (χ0) is 21.8. The van der Waals surface area contributed by atoms with E-state index in [1.54, 1.807) is 25.0 Å². The number of imidazole rings is 2. The first-order valence-electron chi connectivity index (χ1n) is 9.76. The van der Waals surface area contributed by atoms with Crippen molar-refractivity contribution >= 4 is 6.29 Å². The summed E-state index contributed by atoms with van der Waals surface area (Å²) in [5.41, 5.74) is 2.16. The van der Waals surface area contributed by atoms with Crippen molar-refractivity contribution in [3.63, 3.8) is 0 Å². The van der Waals surface area contributed by atoms with E-state index in [1.165, 1.54) is 12.4 Å². The van der Waals surface area contributed by atoms with Crippen molar-refractivity contribution in [3.05, 3.63) is 104 Å². The molecule has 32 heavy (non-hydrogen) atoms. The number of carbonyl (C=O) groups excluding carboxylic acids is 1. The van der Waals surface area contributed by atoms with Gasteiger partial charge in [-0.25, -0.2) is 9.97 Å². The summed E-state index contributed by atoms with van der Waals surface area (Å²) in [6, 6.07) is 14.8. The predicted molar refractivity (Wildman–Crippen MR) is 117 cm³/mol. The molecule has 8 heteroatoms. The van der Waals surface area contributed by atoms with Crippen LogP contribution in [0.2, 0.25) is 0 Å². The Hall–Kier alpha value is -4.72. The standard InChI is InChI=1S/C24H17N5O3/c30-15-22-23(31-20-5-1-18(2-6-20)28-11-9-25-16-28)13-27-14-24(22)32-21-7-3-19(4-8-21)29-12-10-26-17-29/h1-17H. The van der Waals surface area contributed by atoms with E-state index >= 15 is 0 Å². The molecule has 0 spiro atoms. The van der Waals surface area contributed by atoms with Gasteiger partial charge < -0.3 is 18.6 Å². The molecule has 0 fully saturated rings. The summed E-state index contributed by atoms with van der Waals surface area (Å²) in [6.07, 6.45) is 14.2. The van der Waals surface area contributed by atoms with Gasteiger partial charge in [0.15, 0.2) is 17.8 Å². The van der Waals surface area contributed by atoms with Gasteiger partial charge in [-0.1, -0.05) is 0 Å². The molecule has 0 saturated heterocycles. The van der Waals surface area contributed by atoms with Crippen LogP contribution in [0.3, 0.4) is 0 Å². The minimum Gasteiger partial charge on any atom is -0.455 e. The summed E-state index contributed by atoms with van der Waals surface area (Å²) in [6.45, 7) is 0. The number of rotatable bonds is 7. The topological polar surface area (TPSA) is 84.1 Å². The number of aldehydes is 1. The van der Waals surface area contributed by atoms with E-state index in [0.717, 1.165) is 11.4 Å². The van der Waals surface area contributed by atoms with E-state index in [1.807, 2.05) is 70.1 Å². The summed E-state index contributed by atoms with van der Waals surface area (Å²) >= 11 is 0. The van der Waals surface area contributed by atoms with Crippen LogP contribution in [0, 0.1) is 0 Å². The Morgan fingerprint density at radius 1 is 0.656 bits per heavy atom. The molecule has 0 aliphatic carbocycles. The van der Waals surface area contributed by atoms with Crippen LogP contribution in [0.4, 0.5) is 0 Å². The zero-order valence-corrected chi connectivity index (χ0v) is 16.8. The van der Waals surface area contributed by atoms with Crippen molar-refractivity contribution in [2.45, 2.75) is 0 Å². The maximum atomic E-state index is 11.8. The lowest BCUT2D eigenvalue weighted by Crippen LogP contribution is -1.97. The monoisotopic (exact) mass is 423 g/mol. The van der Waals surface area contributed by atoms with Crippen molar-refractivity contribution in [2.75, 3.05) is 0 Å². The van der Waals surface area contributed by atoms with Crippen LogP contribution in [0.15, 0.2) is 98.4 Å². The summed E-state index contributed by atoms with van der Waals surface area (Å²) in [7, 11) is 0. The quantitative estimate of drug-likeness (QED) is 0.348. The normalized spacial score (nSPS) is 10.6. The Kier molecular flexibility index (Phi) is 5.15. The molecule has 5 aromatic rings. The van der Waals surface area contributed by atoms with E-state index in [9.17, 15) is 4.79 Å². The summed E-state index contributed by atoms with van der Waals surface area (Å²) in [5, 5.41) is 0. The van der Waals surface area contributed by atoms with E-state index in [2.05, 4.69) is 15.0 Å². The molecule has 0 aliphatic rings. The Morgan fingerprint density at radius 2 is 1.12 bits per heavy atom. The molecule has 0 radical (unpaired) electrons. The molecule has 5 rings (SSSR count). The number of hydrogen-bond donors (Lipinski definition) is 0. The highest BCUT2D eigenvalue weighted by molar-refractivity contribution is 5.83. The third-order valence-corrected chi connectivity index (χ3v) is 4.77. The van der Waals surface area contributed by atoms with Gasteiger partial charge in [-0.05, 0) is 48.5 Å². The van der Waals surface area contributed by atoms with Crippen LogP contribution < -0.4 is 9.47 Å². The number of pyridine rings is 1. The van der Waals surface area contributed by atoms with Gasteiger partial charge in [0.05, 0.1) is 25.0 Å². The van der Waals surface area contributed by atoms with Gasteiger partial charge in [0.1, 0.15) is 17.1 Å². The van der Waals surface area contributed by atoms with E-state index < -0.39 is 0 Å². The zero-order valence-electron chi connectivity index (χ0n) is 16.8. The molecule has 0 N–H and O–H groups in total. The number of benzene rings is 2. The fourth-order valence-electron chi connectivity index (χ4n) is 3.16. The molecule has 3 aromatic heterocycles. The van der Waals surface area contributed by atoms with Gasteiger partial charge in [-0.15, -0.1) is 0 Å². The van der Waals surface area contributed by atoms with Gasteiger partial charge in [-0.2, -0.15) is 0 Å². The van der Waals surface area contributed by atoms with Gasteiger partial charge in [0.2, 0.25) is 0 Å². The van der Waals surface area contributed by atoms with Crippen LogP contribution in [0.1, 0.15) is 10.4 Å². The molecule has 156 valence electrons. The van der Waals surface area contributed by atoms with Crippen LogP contribution in [-0.4, -0.2) is 30.4 Å². The Balaban J connectivity index is 1.35. The number of ether oxygens (including phenoxy) is 2. The number of aromatic nitrogens is 5. The Bertz CT molecular complexity index is 1220. The van der Waals surface area contributed by atoms with Gasteiger partial charge >= 0.3 is 0 Å². The second kappa shape index (κ2) is 8.57. The van der Waals surface area contributed by atoms with Gasteiger partial charge in [-0.3, -0.25) is 9.78 Å². The Labute approximate surface area is 183 Å². The highest BCUT2D eigenvalue weighted by Gasteiger charge is 2.13. The lowest BCUT2D eigenvalue weighted by atomic mass is 10.2. The lowest BCUT2D eigenvalue weighted by Gasteiger charge is -2.13. The molecule has 0 aliphatic heterocycles. The van der Waals surface area contributed by atoms with Crippen LogP contribution in [0.5, 0.6) is 23.0 Å². The SMILES string of the molecule is O=Cc1c(Oc2ccc(-n3ccnc3)cc2)cncc1Oc1ccc(-n2ccnc2)cc1. The van der Waals surface area contributed by atoms with E-state index in [0.29, 0.717) is 29.3 Å². The minimum absolute atomic E-state index is 0.275. The maximum absolute atomic E-state index is 11.8. The molecular formula is C24H17N5O3. The van der Waals surface area contributed by atoms with Crippen molar-refractivity contribution in [3.8, 4) is 34.4 Å².